The van der Waals surface area contributed by atoms with E-state index >= 15 is 0 Å². The molecular formula is C29H29OP. The Morgan fingerprint density at radius 3 is 1.32 bits per heavy atom. The summed E-state index contributed by atoms with van der Waals surface area (Å²) in [5.41, 5.74) is 1.64. The second-order valence-electron chi connectivity index (χ2n) is 8.30. The molecule has 2 heteroatoms. The molecule has 0 amide bonds. The molecule has 1 nitrogen and oxygen atoms in total. The molecule has 0 saturated heterocycles. The Hall–Kier alpha value is -3.02. The third-order valence-electron chi connectivity index (χ3n) is 6.53. The van der Waals surface area contributed by atoms with E-state index in [1.54, 1.807) is 0 Å². The first-order valence-corrected chi connectivity index (χ1v) is 13.6. The predicted molar refractivity (Wildman–Crippen MR) is 135 cm³/mol. The molecule has 4 rings (SSSR count). The van der Waals surface area contributed by atoms with Crippen molar-refractivity contribution in [3.05, 3.63) is 127 Å². The molecule has 31 heavy (non-hydrogen) atoms. The first-order valence-electron chi connectivity index (χ1n) is 10.9. The van der Waals surface area contributed by atoms with Gasteiger partial charge in [-0.1, -0.05) is 0 Å². The van der Waals surface area contributed by atoms with Crippen molar-refractivity contribution in [3.63, 3.8) is 0 Å². The number of hydrogen-bond acceptors (Lipinski definition) is 1. The summed E-state index contributed by atoms with van der Waals surface area (Å²) >= 11 is 0. The topological polar surface area (TPSA) is 17.1 Å². The molecule has 0 N–H and O–H groups in total. The van der Waals surface area contributed by atoms with E-state index in [-0.39, 0.29) is 0 Å². The van der Waals surface area contributed by atoms with Crippen LogP contribution in [-0.2, 0) is 11.2 Å². The predicted octanol–water partition coefficient (Wildman–Crippen LogP) is 5.70. The Kier molecular flexibility index (Phi) is 6.16. The van der Waals surface area contributed by atoms with Gasteiger partial charge in [-0.05, 0) is 0 Å². The molecule has 0 bridgehead atoms. The molecule has 0 aromatic heterocycles. The van der Waals surface area contributed by atoms with Gasteiger partial charge in [0.1, 0.15) is 0 Å². The van der Waals surface area contributed by atoms with Crippen molar-refractivity contribution < 1.29 is 4.79 Å². The Morgan fingerprint density at radius 1 is 0.581 bits per heavy atom. The Labute approximate surface area is 185 Å². The van der Waals surface area contributed by atoms with Crippen molar-refractivity contribution in [3.8, 4) is 0 Å². The third-order valence-corrected chi connectivity index (χ3v) is 12.8. The van der Waals surface area contributed by atoms with E-state index in [1.165, 1.54) is 5.56 Å². The summed E-state index contributed by atoms with van der Waals surface area (Å²) < 4.78 is 0. The molecule has 156 valence electrons. The van der Waals surface area contributed by atoms with Crippen LogP contribution < -0.4 is 15.9 Å². The molecule has 0 radical (unpaired) electrons. The Morgan fingerprint density at radius 2 is 0.935 bits per heavy atom. The molecule has 4 aromatic rings. The van der Waals surface area contributed by atoms with Crippen molar-refractivity contribution in [2.24, 2.45) is 0 Å². The average Bonchev–Trinajstić information content (AvgIpc) is 2.86. The average molecular weight is 425 g/mol. The van der Waals surface area contributed by atoms with Gasteiger partial charge in [-0.2, -0.15) is 0 Å². The fourth-order valence-corrected chi connectivity index (χ4v) is 9.88. The van der Waals surface area contributed by atoms with Gasteiger partial charge in [-0.15, -0.1) is 0 Å². The third kappa shape index (κ3) is 3.75. The minimum absolute atomic E-state index is 0.352. The van der Waals surface area contributed by atoms with Gasteiger partial charge >= 0.3 is 186 Å². The molecule has 0 fully saturated rings. The Balaban J connectivity index is 1.85. The van der Waals surface area contributed by atoms with Crippen LogP contribution in [0.2, 0.25) is 0 Å². The van der Waals surface area contributed by atoms with Crippen molar-refractivity contribution in [1.29, 1.82) is 0 Å². The fourth-order valence-electron chi connectivity index (χ4n) is 4.65. The first-order chi connectivity index (χ1) is 15.1. The monoisotopic (exact) mass is 424 g/mol. The van der Waals surface area contributed by atoms with Crippen LogP contribution in [0.1, 0.15) is 18.4 Å². The maximum absolute atomic E-state index is 14.4. The second-order valence-corrected chi connectivity index (χ2v) is 13.5. The molecule has 0 unspecified atom stereocenters. The summed E-state index contributed by atoms with van der Waals surface area (Å²) in [4.78, 5) is 14.4. The minimum atomic E-state index is -3.32. The van der Waals surface area contributed by atoms with E-state index in [1.807, 2.05) is 24.3 Å². The molecule has 0 atom stereocenters. The molecule has 0 saturated carbocycles. The van der Waals surface area contributed by atoms with Gasteiger partial charge in [0, 0.05) is 0 Å². The number of carbonyl (C=O) groups excluding carboxylic acids is 1. The summed E-state index contributed by atoms with van der Waals surface area (Å²) in [6.07, 6.45) is 2.32. The number of hydrogen-bond donors (Lipinski definition) is 0. The zero-order valence-corrected chi connectivity index (χ0v) is 18.9. The second kappa shape index (κ2) is 9.00. The molecule has 0 aliphatic carbocycles. The molecular weight excluding hydrogens is 395 g/mol. The van der Waals surface area contributed by atoms with Crippen LogP contribution in [0.25, 0.3) is 0 Å². The molecule has 0 heterocycles. The quantitative estimate of drug-likeness (QED) is 0.332. The van der Waals surface area contributed by atoms with Crippen molar-refractivity contribution in [2.45, 2.75) is 19.3 Å². The van der Waals surface area contributed by atoms with Crippen LogP contribution in [0, 0.1) is 0 Å². The van der Waals surface area contributed by atoms with Gasteiger partial charge < -0.3 is 0 Å². The van der Waals surface area contributed by atoms with Gasteiger partial charge in [0.2, 0.25) is 0 Å². The molecule has 0 spiro atoms. The molecule has 4 aromatic carbocycles. The van der Waals surface area contributed by atoms with Gasteiger partial charge in [-0.25, -0.2) is 0 Å². The summed E-state index contributed by atoms with van der Waals surface area (Å²) in [7, 11) is 0. The summed E-state index contributed by atoms with van der Waals surface area (Å²) in [5, 5.41) is 3.40. The normalized spacial score (nSPS) is 12.6. The summed E-state index contributed by atoms with van der Waals surface area (Å²) in [5.74, 6) is 0. The van der Waals surface area contributed by atoms with Crippen LogP contribution in [0.3, 0.4) is 0 Å². The zero-order valence-electron chi connectivity index (χ0n) is 18.0. The van der Waals surface area contributed by atoms with Crippen LogP contribution in [0.15, 0.2) is 121 Å². The van der Waals surface area contributed by atoms with E-state index in [0.29, 0.717) is 11.9 Å². The summed E-state index contributed by atoms with van der Waals surface area (Å²) in [6.45, 7) is -1.08. The van der Waals surface area contributed by atoms with Crippen LogP contribution >= 0.6 is 6.60 Å². The van der Waals surface area contributed by atoms with E-state index in [2.05, 4.69) is 104 Å². The van der Waals surface area contributed by atoms with E-state index < -0.39 is 6.60 Å². The number of benzene rings is 4. The van der Waals surface area contributed by atoms with Gasteiger partial charge in [0.25, 0.3) is 0 Å². The van der Waals surface area contributed by atoms with Gasteiger partial charge in [-0.3, -0.25) is 0 Å². The van der Waals surface area contributed by atoms with Gasteiger partial charge in [0.15, 0.2) is 0 Å². The molecule has 0 aliphatic heterocycles. The zero-order chi connectivity index (χ0) is 21.6. The van der Waals surface area contributed by atoms with Crippen molar-refractivity contribution in [2.75, 3.05) is 6.66 Å². The fraction of sp³-hybridized carbons (Fsp3) is 0.138. The Bertz CT molecular complexity index is 1020. The number of rotatable bonds is 8. The molecule has 0 aliphatic rings. The standard InChI is InChI=1S/C29H29OP/c1-31(26-18-8-3-9-19-26,27-20-10-4-11-21-27,28-22-12-5-13-23-28)29(30)24-14-17-25-15-6-2-7-16-25/h2-13,15-16,18-23H,14,17,24H2,1H3. The van der Waals surface area contributed by atoms with Gasteiger partial charge in [0.05, 0.1) is 0 Å². The number of aryl methyl sites for hydroxylation is 1. The van der Waals surface area contributed by atoms with Crippen molar-refractivity contribution in [1.82, 2.24) is 0 Å². The van der Waals surface area contributed by atoms with E-state index in [9.17, 15) is 4.79 Å². The van der Waals surface area contributed by atoms with Crippen LogP contribution in [-0.4, -0.2) is 12.2 Å². The number of carbonyl (C=O) groups is 1. The SMILES string of the molecule is CP(C(=O)CCCc1ccccc1)(c1ccccc1)(c1ccccc1)c1ccccc1. The van der Waals surface area contributed by atoms with E-state index in [4.69, 9.17) is 0 Å². The van der Waals surface area contributed by atoms with Crippen LogP contribution in [0.5, 0.6) is 0 Å². The van der Waals surface area contributed by atoms with Crippen molar-refractivity contribution >= 4 is 28.0 Å². The van der Waals surface area contributed by atoms with E-state index in [0.717, 1.165) is 28.8 Å². The maximum atomic E-state index is 14.4. The van der Waals surface area contributed by atoms with Crippen LogP contribution in [0.4, 0.5) is 0 Å². The summed E-state index contributed by atoms with van der Waals surface area (Å²) in [6, 6.07) is 41.8. The first kappa shape index (κ1) is 21.2.